The molecule has 43 heavy (non-hydrogen) atoms. The van der Waals surface area contributed by atoms with Crippen molar-refractivity contribution in [3.8, 4) is 24.3 Å². The lowest BCUT2D eigenvalue weighted by Crippen LogP contribution is -1.98. The fourth-order valence-electron chi connectivity index (χ4n) is 6.14. The monoisotopic (exact) mass is 573 g/mol. The molecule has 0 fully saturated rings. The van der Waals surface area contributed by atoms with Crippen molar-refractivity contribution < 1.29 is 8.83 Å². The van der Waals surface area contributed by atoms with E-state index in [1.54, 1.807) is 0 Å². The second-order valence-electron chi connectivity index (χ2n) is 11.7. The summed E-state index contributed by atoms with van der Waals surface area (Å²) in [6.07, 6.45) is 14.9. The lowest BCUT2D eigenvalue weighted by atomic mass is 9.88. The molecule has 220 valence electrons. The van der Waals surface area contributed by atoms with Gasteiger partial charge in [-0.3, -0.25) is 0 Å². The summed E-state index contributed by atoms with van der Waals surface area (Å²) in [6, 6.07) is 16.0. The van der Waals surface area contributed by atoms with Gasteiger partial charge in [0.2, 0.25) is 5.57 Å². The van der Waals surface area contributed by atoms with E-state index in [-0.39, 0.29) is 22.5 Å². The number of rotatable bonds is 14. The highest BCUT2D eigenvalue weighted by molar-refractivity contribution is 6.16. The van der Waals surface area contributed by atoms with Crippen molar-refractivity contribution >= 4 is 43.9 Å². The second kappa shape index (κ2) is 15.1. The second-order valence-corrected chi connectivity index (χ2v) is 11.7. The molecular formula is C37H41N4O2+. The van der Waals surface area contributed by atoms with Gasteiger partial charge in [0.15, 0.2) is 11.0 Å². The summed E-state index contributed by atoms with van der Waals surface area (Å²) in [6.45, 7) is 6.65. The number of furan rings is 2. The van der Waals surface area contributed by atoms with E-state index in [1.165, 1.54) is 51.4 Å². The van der Waals surface area contributed by atoms with Crippen molar-refractivity contribution in [2.45, 2.75) is 110 Å². The standard InChI is InChI=1S/C37H40N4O2/c1-4-6-8-10-12-14-16-26-17-31-32(36-30(26)19-34(42-36)27(21-38)22-39)18-29(25(3)15-13-11-9-7-5-2)33-20-35(43-37(31)33)28(23-40)24-41/h17-20,25H,4-16H2,1-3H3/p+1/t25-/m0/s1. The smallest absolute Gasteiger partial charge is 0.290 e. The summed E-state index contributed by atoms with van der Waals surface area (Å²) >= 11 is 0. The molecule has 2 aromatic carbocycles. The van der Waals surface area contributed by atoms with Crippen LogP contribution in [0.15, 0.2) is 33.1 Å². The van der Waals surface area contributed by atoms with E-state index in [4.69, 9.17) is 8.83 Å². The number of benzene rings is 2. The Hall–Kier alpha value is -4.52. The van der Waals surface area contributed by atoms with Crippen LogP contribution in [-0.2, 0) is 6.42 Å². The zero-order chi connectivity index (χ0) is 30.8. The Kier molecular flexibility index (Phi) is 11.0. The Morgan fingerprint density at radius 3 is 1.98 bits per heavy atom. The minimum absolute atomic E-state index is 0.000758. The number of hydrogen-bond donors (Lipinski definition) is 0. The molecular weight excluding hydrogens is 532 g/mol. The molecule has 4 aromatic rings. The Morgan fingerprint density at radius 2 is 1.33 bits per heavy atom. The fourth-order valence-corrected chi connectivity index (χ4v) is 6.14. The van der Waals surface area contributed by atoms with Crippen LogP contribution in [0.4, 0.5) is 0 Å². The minimum Gasteiger partial charge on any atom is -0.544 e. The van der Waals surface area contributed by atoms with E-state index in [0.717, 1.165) is 70.4 Å². The topological polar surface area (TPSA) is 121 Å². The fraction of sp³-hybridized carbons (Fsp3) is 0.459. The van der Waals surface area contributed by atoms with Gasteiger partial charge in [-0.15, -0.1) is 0 Å². The molecule has 0 spiro atoms. The molecule has 0 aliphatic carbocycles. The molecule has 6 heteroatoms. The molecule has 2 aromatic heterocycles. The normalized spacial score (nSPS) is 11.7. The van der Waals surface area contributed by atoms with Gasteiger partial charge in [-0.05, 0) is 54.5 Å². The predicted molar refractivity (Wildman–Crippen MR) is 172 cm³/mol. The Balaban J connectivity index is 1.95. The van der Waals surface area contributed by atoms with Gasteiger partial charge < -0.3 is 8.83 Å². The Labute approximate surface area is 254 Å². The van der Waals surface area contributed by atoms with Gasteiger partial charge in [0.05, 0.1) is 16.8 Å². The summed E-state index contributed by atoms with van der Waals surface area (Å²) in [4.78, 5) is 0. The van der Waals surface area contributed by atoms with Gasteiger partial charge >= 0.3 is 0 Å². The Bertz CT molecular complexity index is 1860. The van der Waals surface area contributed by atoms with Gasteiger partial charge in [0, 0.05) is 10.8 Å². The number of hydrogen-bond acceptors (Lipinski definition) is 5. The highest BCUT2D eigenvalue weighted by Gasteiger charge is 2.23. The maximum absolute atomic E-state index is 9.61. The Morgan fingerprint density at radius 1 is 0.698 bits per heavy atom. The molecule has 0 aliphatic rings. The first-order valence-electron chi connectivity index (χ1n) is 15.9. The average molecular weight is 574 g/mol. The van der Waals surface area contributed by atoms with E-state index in [1.807, 2.05) is 36.4 Å². The number of fused-ring (bicyclic) bond motifs is 5. The van der Waals surface area contributed by atoms with Crippen LogP contribution in [0.25, 0.3) is 43.9 Å². The maximum atomic E-state index is 9.61. The molecule has 0 bridgehead atoms. The maximum Gasteiger partial charge on any atom is 0.290 e. The van der Waals surface area contributed by atoms with Gasteiger partial charge in [0.25, 0.3) is 11.0 Å². The molecule has 4 rings (SSSR count). The van der Waals surface area contributed by atoms with Crippen molar-refractivity contribution in [1.82, 2.24) is 0 Å². The first kappa shape index (κ1) is 31.4. The van der Waals surface area contributed by atoms with E-state index in [9.17, 15) is 21.0 Å². The third kappa shape index (κ3) is 6.94. The molecule has 0 aliphatic heterocycles. The van der Waals surface area contributed by atoms with Crippen molar-refractivity contribution in [1.29, 1.82) is 21.0 Å². The van der Waals surface area contributed by atoms with Crippen LogP contribution in [0.3, 0.4) is 0 Å². The van der Waals surface area contributed by atoms with E-state index in [0.29, 0.717) is 11.0 Å². The summed E-state index contributed by atoms with van der Waals surface area (Å²) < 4.78 is 11.2. The molecule has 0 saturated carbocycles. The summed E-state index contributed by atoms with van der Waals surface area (Å²) in [5.41, 5.74) is 4.25. The molecule has 1 N–H and O–H groups in total. The van der Waals surface area contributed by atoms with Gasteiger partial charge in [-0.1, -0.05) is 85.0 Å². The zero-order valence-corrected chi connectivity index (χ0v) is 25.7. The third-order valence-electron chi connectivity index (χ3n) is 8.59. The van der Waals surface area contributed by atoms with Gasteiger partial charge in [0.1, 0.15) is 29.9 Å². The van der Waals surface area contributed by atoms with Crippen LogP contribution < -0.4 is 10.8 Å². The van der Waals surface area contributed by atoms with Gasteiger partial charge in [-0.25, -0.2) is 0 Å². The van der Waals surface area contributed by atoms with E-state index in [2.05, 4.69) is 32.9 Å². The first-order valence-corrected chi connectivity index (χ1v) is 15.9. The number of nitriles is 4. The first-order chi connectivity index (χ1) is 21.0. The third-order valence-corrected chi connectivity index (χ3v) is 8.59. The lowest BCUT2D eigenvalue weighted by molar-refractivity contribution is 0.567. The molecule has 0 amide bonds. The average Bonchev–Trinajstić information content (AvgIpc) is 3.66. The zero-order valence-electron chi connectivity index (χ0n) is 25.7. The molecule has 0 radical (unpaired) electrons. The lowest BCUT2D eigenvalue weighted by Gasteiger charge is -2.15. The van der Waals surface area contributed by atoms with Gasteiger partial charge in [-0.2, -0.15) is 21.0 Å². The highest BCUT2D eigenvalue weighted by Crippen LogP contribution is 2.39. The number of unbranched alkanes of at least 4 members (excludes halogenated alkanes) is 9. The molecule has 1 atom stereocenters. The van der Waals surface area contributed by atoms with E-state index < -0.39 is 0 Å². The van der Waals surface area contributed by atoms with Crippen LogP contribution in [0.1, 0.15) is 115 Å². The van der Waals surface area contributed by atoms with Crippen molar-refractivity contribution in [3.63, 3.8) is 0 Å². The SMILES string of the molecule is CCCCCCCCc1cc2c(cc([C@@H](C)CCCCCCC)c3cc(=C(C#N)C#N)oc32)c2[oH+]c(=C(C#N)C#N)cc12. The summed E-state index contributed by atoms with van der Waals surface area (Å²) in [5, 5.41) is 42.1. The molecule has 6 nitrogen and oxygen atoms in total. The highest BCUT2D eigenvalue weighted by atomic mass is 16.3. The molecule has 2 heterocycles. The van der Waals surface area contributed by atoms with Crippen LogP contribution in [0.5, 0.6) is 0 Å². The largest absolute Gasteiger partial charge is 0.544 e. The van der Waals surface area contributed by atoms with Crippen LogP contribution in [0, 0.1) is 45.3 Å². The minimum atomic E-state index is -0.0492. The van der Waals surface area contributed by atoms with Crippen LogP contribution in [0.2, 0.25) is 0 Å². The quantitative estimate of drug-likeness (QED) is 0.110. The summed E-state index contributed by atoms with van der Waals surface area (Å²) in [5.74, 6) is 0.221. The van der Waals surface area contributed by atoms with Crippen molar-refractivity contribution in [2.24, 2.45) is 0 Å². The number of aryl methyl sites for hydroxylation is 1. The number of nitrogens with zero attached hydrogens (tertiary/aromatic N) is 4. The van der Waals surface area contributed by atoms with Crippen molar-refractivity contribution in [3.05, 3.63) is 46.2 Å². The van der Waals surface area contributed by atoms with Crippen LogP contribution >= 0.6 is 0 Å². The predicted octanol–water partition coefficient (Wildman–Crippen LogP) is 9.21. The van der Waals surface area contributed by atoms with Crippen LogP contribution in [-0.4, -0.2) is 0 Å². The summed E-state index contributed by atoms with van der Waals surface area (Å²) in [7, 11) is 0. The van der Waals surface area contributed by atoms with Crippen molar-refractivity contribution in [2.75, 3.05) is 0 Å². The molecule has 0 saturated heterocycles. The van der Waals surface area contributed by atoms with E-state index >= 15 is 0 Å². The molecule has 0 unspecified atom stereocenters.